The molecule has 88 valence electrons. The highest BCUT2D eigenvalue weighted by Gasteiger charge is 2.36. The number of halogens is 4. The molecule has 0 fully saturated rings. The molecule has 0 spiro atoms. The number of carbonyl (C=O) groups is 1. The van der Waals surface area contributed by atoms with Crippen LogP contribution in [-0.2, 0) is 6.18 Å². The number of hydrogen-bond acceptors (Lipinski definition) is 1. The van der Waals surface area contributed by atoms with Gasteiger partial charge in [0.05, 0.1) is 5.56 Å². The van der Waals surface area contributed by atoms with Crippen molar-refractivity contribution in [1.29, 1.82) is 0 Å². The fourth-order valence-corrected chi connectivity index (χ4v) is 1.90. The molecule has 2 rings (SSSR count). The third-order valence-corrected chi connectivity index (χ3v) is 2.63. The van der Waals surface area contributed by atoms with Gasteiger partial charge in [0, 0.05) is 5.56 Å². The first kappa shape index (κ1) is 11.9. The molecule has 0 saturated carbocycles. The van der Waals surface area contributed by atoms with E-state index in [1.165, 1.54) is 18.2 Å². The van der Waals surface area contributed by atoms with Crippen molar-refractivity contribution >= 4 is 27.6 Å². The highest BCUT2D eigenvalue weighted by atomic mass is 35.5. The summed E-state index contributed by atoms with van der Waals surface area (Å²) in [6, 6.07) is 8.53. The number of hydrogen-bond donors (Lipinski definition) is 0. The Morgan fingerprint density at radius 1 is 1.06 bits per heavy atom. The molecular weight excluding hydrogens is 253 g/mol. The van der Waals surface area contributed by atoms with Crippen LogP contribution in [0.5, 0.6) is 0 Å². The minimum Gasteiger partial charge on any atom is -0.276 e. The lowest BCUT2D eigenvalue weighted by molar-refractivity contribution is -0.136. The number of carbonyl (C=O) groups excluding carboxylic acids is 1. The zero-order chi connectivity index (χ0) is 12.6. The molecule has 0 aliphatic rings. The highest BCUT2D eigenvalue weighted by Crippen LogP contribution is 2.37. The van der Waals surface area contributed by atoms with Crippen LogP contribution in [0.1, 0.15) is 15.9 Å². The van der Waals surface area contributed by atoms with E-state index in [4.69, 9.17) is 11.6 Å². The number of benzene rings is 2. The summed E-state index contributed by atoms with van der Waals surface area (Å²) in [6.07, 6.45) is -4.61. The van der Waals surface area contributed by atoms with E-state index in [0.29, 0.717) is 5.39 Å². The molecule has 5 heteroatoms. The lowest BCUT2D eigenvalue weighted by Gasteiger charge is -2.13. The summed E-state index contributed by atoms with van der Waals surface area (Å²) in [7, 11) is 0. The summed E-state index contributed by atoms with van der Waals surface area (Å²) in [6.45, 7) is 0. The van der Waals surface area contributed by atoms with Gasteiger partial charge in [-0.1, -0.05) is 30.3 Å². The van der Waals surface area contributed by atoms with Crippen LogP contribution in [-0.4, -0.2) is 5.24 Å². The van der Waals surface area contributed by atoms with Gasteiger partial charge in [0.1, 0.15) is 0 Å². The average molecular weight is 259 g/mol. The van der Waals surface area contributed by atoms with Gasteiger partial charge in [-0.05, 0) is 28.4 Å². The van der Waals surface area contributed by atoms with E-state index in [1.54, 1.807) is 12.1 Å². The van der Waals surface area contributed by atoms with Gasteiger partial charge in [0.15, 0.2) is 0 Å². The molecule has 0 aromatic heterocycles. The van der Waals surface area contributed by atoms with Crippen molar-refractivity contribution in [2.24, 2.45) is 0 Å². The van der Waals surface area contributed by atoms with E-state index >= 15 is 0 Å². The summed E-state index contributed by atoms with van der Waals surface area (Å²) in [5.41, 5.74) is -1.49. The smallest absolute Gasteiger partial charge is 0.276 e. The number of fused-ring (bicyclic) bond motifs is 1. The van der Waals surface area contributed by atoms with E-state index < -0.39 is 22.5 Å². The van der Waals surface area contributed by atoms with Gasteiger partial charge < -0.3 is 0 Å². The second-order valence-corrected chi connectivity index (χ2v) is 3.82. The van der Waals surface area contributed by atoms with Crippen molar-refractivity contribution in [2.45, 2.75) is 6.18 Å². The van der Waals surface area contributed by atoms with Gasteiger partial charge in [0.2, 0.25) is 0 Å². The maximum absolute atomic E-state index is 12.9. The van der Waals surface area contributed by atoms with Crippen LogP contribution in [0.15, 0.2) is 36.4 Å². The van der Waals surface area contributed by atoms with E-state index in [2.05, 4.69) is 0 Å². The summed E-state index contributed by atoms with van der Waals surface area (Å²) < 4.78 is 38.8. The minimum atomic E-state index is -4.61. The Bertz CT molecular complexity index is 590. The van der Waals surface area contributed by atoms with Gasteiger partial charge in [-0.15, -0.1) is 0 Å². The Kier molecular flexibility index (Phi) is 2.83. The van der Waals surface area contributed by atoms with Gasteiger partial charge in [0.25, 0.3) is 5.24 Å². The van der Waals surface area contributed by atoms with Crippen LogP contribution in [0, 0.1) is 0 Å². The largest absolute Gasteiger partial charge is 0.417 e. The Balaban J connectivity index is 2.90. The van der Waals surface area contributed by atoms with Crippen LogP contribution in [0.25, 0.3) is 10.8 Å². The van der Waals surface area contributed by atoms with Crippen molar-refractivity contribution < 1.29 is 18.0 Å². The molecule has 0 saturated heterocycles. The van der Waals surface area contributed by atoms with Crippen molar-refractivity contribution in [3.05, 3.63) is 47.5 Å². The molecule has 0 radical (unpaired) electrons. The molecule has 0 atom stereocenters. The zero-order valence-corrected chi connectivity index (χ0v) is 9.14. The first-order chi connectivity index (χ1) is 7.91. The van der Waals surface area contributed by atoms with Gasteiger partial charge >= 0.3 is 6.18 Å². The van der Waals surface area contributed by atoms with Crippen LogP contribution in [0.3, 0.4) is 0 Å². The first-order valence-corrected chi connectivity index (χ1v) is 5.08. The molecule has 17 heavy (non-hydrogen) atoms. The number of rotatable bonds is 1. The van der Waals surface area contributed by atoms with E-state index in [9.17, 15) is 18.0 Å². The summed E-state index contributed by atoms with van der Waals surface area (Å²) in [5.74, 6) is 0. The molecule has 0 bridgehead atoms. The molecule has 0 unspecified atom stereocenters. The predicted octanol–water partition coefficient (Wildman–Crippen LogP) is 4.24. The Morgan fingerprint density at radius 2 is 1.71 bits per heavy atom. The lowest BCUT2D eigenvalue weighted by Crippen LogP contribution is -2.11. The Labute approximate surface area is 99.8 Å². The molecule has 0 N–H and O–H groups in total. The van der Waals surface area contributed by atoms with Gasteiger partial charge in [-0.3, -0.25) is 4.79 Å². The molecule has 2 aromatic carbocycles. The second-order valence-electron chi connectivity index (χ2n) is 3.48. The highest BCUT2D eigenvalue weighted by molar-refractivity contribution is 6.68. The monoisotopic (exact) mass is 258 g/mol. The average Bonchev–Trinajstić information content (AvgIpc) is 2.26. The normalized spacial score (nSPS) is 11.8. The molecule has 0 aliphatic carbocycles. The third kappa shape index (κ3) is 2.13. The van der Waals surface area contributed by atoms with Gasteiger partial charge in [-0.25, -0.2) is 0 Å². The third-order valence-electron chi connectivity index (χ3n) is 2.42. The van der Waals surface area contributed by atoms with Crippen LogP contribution in [0.2, 0.25) is 0 Å². The van der Waals surface area contributed by atoms with Gasteiger partial charge in [-0.2, -0.15) is 13.2 Å². The van der Waals surface area contributed by atoms with Crippen molar-refractivity contribution in [3.63, 3.8) is 0 Å². The van der Waals surface area contributed by atoms with E-state index in [0.717, 1.165) is 6.07 Å². The molecule has 0 aliphatic heterocycles. The minimum absolute atomic E-state index is 0.0218. The summed E-state index contributed by atoms with van der Waals surface area (Å²) in [4.78, 5) is 11.0. The Morgan fingerprint density at radius 3 is 2.29 bits per heavy atom. The van der Waals surface area contributed by atoms with E-state index in [1.807, 2.05) is 0 Å². The maximum atomic E-state index is 12.9. The molecule has 2 aromatic rings. The molecular formula is C12H6ClF3O. The van der Waals surface area contributed by atoms with Crippen LogP contribution in [0.4, 0.5) is 13.2 Å². The fraction of sp³-hybridized carbons (Fsp3) is 0.0833. The SMILES string of the molecule is O=C(Cl)c1ccc2ccccc2c1C(F)(F)F. The van der Waals surface area contributed by atoms with Crippen molar-refractivity contribution in [3.8, 4) is 0 Å². The molecule has 1 nitrogen and oxygen atoms in total. The van der Waals surface area contributed by atoms with Crippen LogP contribution >= 0.6 is 11.6 Å². The standard InChI is InChI=1S/C12H6ClF3O/c13-11(17)9-6-5-7-3-1-2-4-8(7)10(9)12(14,15)16/h1-6H. The lowest BCUT2D eigenvalue weighted by atomic mass is 9.99. The Hall–Kier alpha value is -1.55. The first-order valence-electron chi connectivity index (χ1n) is 4.70. The predicted molar refractivity (Wildman–Crippen MR) is 59.1 cm³/mol. The van der Waals surface area contributed by atoms with Crippen molar-refractivity contribution in [2.75, 3.05) is 0 Å². The quantitative estimate of drug-likeness (QED) is 0.699. The summed E-state index contributed by atoms with van der Waals surface area (Å²) in [5, 5.41) is -0.712. The molecule has 0 heterocycles. The second kappa shape index (κ2) is 4.04. The topological polar surface area (TPSA) is 17.1 Å². The summed E-state index contributed by atoms with van der Waals surface area (Å²) >= 11 is 5.18. The zero-order valence-electron chi connectivity index (χ0n) is 8.38. The molecule has 0 amide bonds. The number of alkyl halides is 3. The fourth-order valence-electron chi connectivity index (χ4n) is 1.74. The van der Waals surface area contributed by atoms with Crippen LogP contribution < -0.4 is 0 Å². The maximum Gasteiger partial charge on any atom is 0.417 e. The van der Waals surface area contributed by atoms with Crippen molar-refractivity contribution in [1.82, 2.24) is 0 Å². The van der Waals surface area contributed by atoms with E-state index in [-0.39, 0.29) is 5.39 Å².